The van der Waals surface area contributed by atoms with Gasteiger partial charge in [-0.25, -0.2) is 0 Å². The van der Waals surface area contributed by atoms with Crippen molar-refractivity contribution in [1.29, 1.82) is 0 Å². The van der Waals surface area contributed by atoms with Gasteiger partial charge in [-0.05, 0) is 0 Å². The minimum atomic E-state index is -1.52. The Hall–Kier alpha value is -0.445. The number of hydrogen-bond donors (Lipinski definition) is 1. The Morgan fingerprint density at radius 1 is 0.600 bits per heavy atom. The molecule has 0 aromatic heterocycles. The average molecular weight is 583 g/mol. The molecule has 0 fully saturated rings. The maximum Gasteiger partial charge on any atom is 3.00 e. The molecule has 0 aromatic rings. The molecule has 0 bridgehead atoms. The molecule has 0 saturated heterocycles. The Bertz CT molecular complexity index is 566. The normalized spacial score (nSPS) is 10.3. The SMILES string of the molecule is CNC(=O)CN(CCN(CCN(CC(=O)[O-])CC(=O)[O-])CC(=O)[O-])CC(=O)[O-].[Gd+3].[Na+]. The van der Waals surface area contributed by atoms with Crippen LogP contribution in [0.15, 0.2) is 0 Å². The summed E-state index contributed by atoms with van der Waals surface area (Å²) in [5, 5.41) is 45.4. The molecule has 0 aliphatic carbocycles. The van der Waals surface area contributed by atoms with Gasteiger partial charge in [0.25, 0.3) is 0 Å². The van der Waals surface area contributed by atoms with Gasteiger partial charge < -0.3 is 44.9 Å². The van der Waals surface area contributed by atoms with Crippen molar-refractivity contribution in [3.63, 3.8) is 0 Å². The third-order valence-electron chi connectivity index (χ3n) is 3.52. The molecular formula is C15H22GdN4NaO9. The number of carbonyl (C=O) groups is 5. The number of likely N-dealkylation sites (N-methyl/N-ethyl adjacent to an activating group) is 1. The van der Waals surface area contributed by atoms with Crippen LogP contribution in [0, 0.1) is 39.9 Å². The molecule has 30 heavy (non-hydrogen) atoms. The van der Waals surface area contributed by atoms with Gasteiger partial charge in [-0.2, -0.15) is 0 Å². The van der Waals surface area contributed by atoms with E-state index in [1.165, 1.54) is 16.8 Å². The fourth-order valence-electron chi connectivity index (χ4n) is 2.28. The topological polar surface area (TPSA) is 199 Å². The molecule has 15 heteroatoms. The molecule has 1 radical (unpaired) electrons. The van der Waals surface area contributed by atoms with Gasteiger partial charge in [0.15, 0.2) is 0 Å². The fraction of sp³-hybridized carbons (Fsp3) is 0.667. The first-order valence-electron chi connectivity index (χ1n) is 8.20. The van der Waals surface area contributed by atoms with Crippen molar-refractivity contribution in [1.82, 2.24) is 20.0 Å². The maximum atomic E-state index is 11.4. The van der Waals surface area contributed by atoms with Crippen LogP contribution in [0.1, 0.15) is 0 Å². The van der Waals surface area contributed by atoms with E-state index in [-0.39, 0.29) is 102 Å². The number of nitrogens with one attached hydrogen (secondary N) is 1. The Morgan fingerprint density at radius 2 is 0.867 bits per heavy atom. The Kier molecular flexibility index (Phi) is 21.9. The van der Waals surface area contributed by atoms with E-state index in [1.807, 2.05) is 0 Å². The van der Waals surface area contributed by atoms with Crippen LogP contribution in [0.2, 0.25) is 0 Å². The fourth-order valence-corrected chi connectivity index (χ4v) is 2.28. The van der Waals surface area contributed by atoms with Crippen LogP contribution in [0.4, 0.5) is 0 Å². The van der Waals surface area contributed by atoms with Crippen LogP contribution in [-0.2, 0) is 24.0 Å². The number of carbonyl (C=O) groups excluding carboxylic acids is 5. The van der Waals surface area contributed by atoms with E-state index in [0.29, 0.717) is 0 Å². The smallest absolute Gasteiger partial charge is 0.549 e. The third-order valence-corrected chi connectivity index (χ3v) is 3.52. The van der Waals surface area contributed by atoms with Gasteiger partial charge in [-0.1, -0.05) is 0 Å². The zero-order valence-electron chi connectivity index (χ0n) is 16.7. The second-order valence-electron chi connectivity index (χ2n) is 5.86. The van der Waals surface area contributed by atoms with E-state index in [1.54, 1.807) is 0 Å². The van der Waals surface area contributed by atoms with Gasteiger partial charge in [-0.3, -0.25) is 19.5 Å². The van der Waals surface area contributed by atoms with Crippen molar-refractivity contribution in [2.75, 3.05) is 66.0 Å². The summed E-state index contributed by atoms with van der Waals surface area (Å²) >= 11 is 0. The van der Waals surface area contributed by atoms with Crippen LogP contribution in [0.5, 0.6) is 0 Å². The molecule has 0 saturated carbocycles. The monoisotopic (exact) mass is 583 g/mol. The first-order valence-corrected chi connectivity index (χ1v) is 8.20. The molecule has 0 aromatic carbocycles. The van der Waals surface area contributed by atoms with Crippen molar-refractivity contribution < 1.29 is 114 Å². The molecule has 0 heterocycles. The molecule has 0 aliphatic heterocycles. The van der Waals surface area contributed by atoms with E-state index in [0.717, 1.165) is 4.90 Å². The number of hydrogen-bond acceptors (Lipinski definition) is 12. The molecule has 0 atom stereocenters. The van der Waals surface area contributed by atoms with Gasteiger partial charge in [0.1, 0.15) is 0 Å². The van der Waals surface area contributed by atoms with Crippen molar-refractivity contribution in [2.24, 2.45) is 0 Å². The van der Waals surface area contributed by atoms with E-state index in [9.17, 15) is 44.4 Å². The predicted octanol–water partition coefficient (Wildman–Crippen LogP) is -11.4. The first-order chi connectivity index (χ1) is 13.0. The maximum absolute atomic E-state index is 11.4. The summed E-state index contributed by atoms with van der Waals surface area (Å²) in [4.78, 5) is 58.0. The van der Waals surface area contributed by atoms with Gasteiger partial charge in [0.05, 0.1) is 30.4 Å². The molecule has 1 amide bonds. The van der Waals surface area contributed by atoms with Crippen molar-refractivity contribution in [2.45, 2.75) is 0 Å². The number of aliphatic carboxylic acids is 4. The Balaban J connectivity index is -0.00000364. The summed E-state index contributed by atoms with van der Waals surface area (Å²) < 4.78 is 0. The Labute approximate surface area is 227 Å². The minimum absolute atomic E-state index is 0. The first kappa shape index (κ1) is 34.2. The number of carboxylic acid groups (broad SMARTS) is 4. The van der Waals surface area contributed by atoms with E-state index in [2.05, 4.69) is 5.32 Å². The summed E-state index contributed by atoms with van der Waals surface area (Å²) in [5.41, 5.74) is 0. The summed E-state index contributed by atoms with van der Waals surface area (Å²) in [7, 11) is 1.37. The van der Waals surface area contributed by atoms with Crippen molar-refractivity contribution in [3.8, 4) is 0 Å². The number of amides is 1. The average Bonchev–Trinajstić information content (AvgIpc) is 2.54. The number of carboxylic acids is 4. The third kappa shape index (κ3) is 19.5. The van der Waals surface area contributed by atoms with Crippen LogP contribution in [0.3, 0.4) is 0 Å². The second kappa shape index (κ2) is 19.3. The van der Waals surface area contributed by atoms with Crippen LogP contribution in [0.25, 0.3) is 0 Å². The summed E-state index contributed by atoms with van der Waals surface area (Å²) in [5.74, 6) is -6.35. The van der Waals surface area contributed by atoms with Crippen molar-refractivity contribution >= 4 is 29.8 Å². The van der Waals surface area contributed by atoms with Gasteiger partial charge in [0, 0.05) is 59.4 Å². The molecule has 0 rings (SSSR count). The predicted molar refractivity (Wildman–Crippen MR) is 83.4 cm³/mol. The number of nitrogens with zero attached hydrogens (tertiary/aromatic N) is 3. The summed E-state index contributed by atoms with van der Waals surface area (Å²) in [6.45, 7) is -3.00. The van der Waals surface area contributed by atoms with Crippen LogP contribution < -0.4 is 55.3 Å². The van der Waals surface area contributed by atoms with Gasteiger partial charge >= 0.3 is 69.5 Å². The molecule has 0 spiro atoms. The second-order valence-corrected chi connectivity index (χ2v) is 5.86. The summed E-state index contributed by atoms with van der Waals surface area (Å²) in [6, 6.07) is 0. The van der Waals surface area contributed by atoms with Crippen LogP contribution in [-0.4, -0.2) is 110 Å². The van der Waals surface area contributed by atoms with E-state index in [4.69, 9.17) is 0 Å². The van der Waals surface area contributed by atoms with Crippen LogP contribution >= 0.6 is 0 Å². The Morgan fingerprint density at radius 3 is 1.17 bits per heavy atom. The van der Waals surface area contributed by atoms with Crippen molar-refractivity contribution in [3.05, 3.63) is 0 Å². The van der Waals surface area contributed by atoms with Gasteiger partial charge in [-0.15, -0.1) is 0 Å². The molecule has 0 aliphatic rings. The zero-order chi connectivity index (χ0) is 21.7. The van der Waals surface area contributed by atoms with E-state index >= 15 is 0 Å². The van der Waals surface area contributed by atoms with E-state index < -0.39 is 56.0 Å². The quantitative estimate of drug-likeness (QED) is 0.169. The number of rotatable bonds is 16. The summed E-state index contributed by atoms with van der Waals surface area (Å²) in [6.07, 6.45) is 0. The largest absolute Gasteiger partial charge is 3.00 e. The standard InChI is InChI=1S/C15H26N4O9.Gd.Na/c1-16-11(20)6-18(8-13(23)24)4-2-17(7-12(21)22)3-5-19(9-14(25)26)10-15(27)28;;/h2-10H2,1H3,(H,16,20)(H,21,22)(H,23,24)(H,25,26)(H,27,28);;/q;+3;+1/p-4. The molecule has 165 valence electrons. The molecule has 0 unspecified atom stereocenters. The van der Waals surface area contributed by atoms with Gasteiger partial charge in [0.2, 0.25) is 5.91 Å². The molecule has 1 N–H and O–H groups in total. The zero-order valence-corrected chi connectivity index (χ0v) is 21.0. The minimum Gasteiger partial charge on any atom is -0.549 e. The molecular weight excluding hydrogens is 560 g/mol. The molecule has 13 nitrogen and oxygen atoms in total.